The van der Waals surface area contributed by atoms with Crippen LogP contribution in [0.25, 0.3) is 0 Å². The maximum absolute atomic E-state index is 7.11. The van der Waals surface area contributed by atoms with Crippen molar-refractivity contribution in [3.05, 3.63) is 0 Å². The molecule has 1 atom stereocenters. The number of hydrogen-bond donors (Lipinski definition) is 2. The quantitative estimate of drug-likeness (QED) is 0.730. The van der Waals surface area contributed by atoms with Crippen LogP contribution in [0.1, 0.15) is 96.3 Å². The Morgan fingerprint density at radius 2 is 1.09 bits per heavy atom. The van der Waals surface area contributed by atoms with E-state index in [0.29, 0.717) is 6.04 Å². The SMILES string of the molecule is C[Si](N)(NC1CCCCC1)N(C1CCCCC1)C1CCCCC1. The zero-order valence-corrected chi connectivity index (χ0v) is 16.4. The summed E-state index contributed by atoms with van der Waals surface area (Å²) in [7, 11) is -2.01. The minimum Gasteiger partial charge on any atom is -0.327 e. The number of nitrogens with two attached hydrogens (primary N) is 1. The summed E-state index contributed by atoms with van der Waals surface area (Å²) in [5.41, 5.74) is 0. The first-order valence-electron chi connectivity index (χ1n) is 10.5. The van der Waals surface area contributed by atoms with Gasteiger partial charge in [-0.2, -0.15) is 0 Å². The Hall–Kier alpha value is 0.0969. The Kier molecular flexibility index (Phi) is 6.59. The zero-order chi connectivity index (χ0) is 16.1. The van der Waals surface area contributed by atoms with E-state index in [-0.39, 0.29) is 0 Å². The molecular formula is C19H39N3Si. The summed E-state index contributed by atoms with van der Waals surface area (Å²) in [4.78, 5) is 4.03. The van der Waals surface area contributed by atoms with Crippen molar-refractivity contribution in [3.63, 3.8) is 0 Å². The third kappa shape index (κ3) is 4.81. The van der Waals surface area contributed by atoms with E-state index in [1.54, 1.807) is 0 Å². The van der Waals surface area contributed by atoms with Crippen LogP contribution in [0.5, 0.6) is 0 Å². The van der Waals surface area contributed by atoms with Crippen LogP contribution in [0.3, 0.4) is 0 Å². The molecule has 0 spiro atoms. The molecule has 23 heavy (non-hydrogen) atoms. The monoisotopic (exact) mass is 337 g/mol. The number of nitrogens with one attached hydrogen (secondary N) is 1. The summed E-state index contributed by atoms with van der Waals surface area (Å²) in [6, 6.07) is 2.23. The Bertz CT molecular complexity index is 325. The molecule has 3 aliphatic carbocycles. The summed E-state index contributed by atoms with van der Waals surface area (Å²) in [5, 5.41) is 7.11. The van der Waals surface area contributed by atoms with Crippen molar-refractivity contribution in [2.24, 2.45) is 5.40 Å². The van der Waals surface area contributed by atoms with Crippen molar-refractivity contribution in [2.45, 2.75) is 121 Å². The largest absolute Gasteiger partial charge is 0.327 e. The predicted molar refractivity (Wildman–Crippen MR) is 101 cm³/mol. The van der Waals surface area contributed by atoms with Crippen molar-refractivity contribution >= 4 is 8.56 Å². The van der Waals surface area contributed by atoms with Gasteiger partial charge in [0.1, 0.15) is 0 Å². The van der Waals surface area contributed by atoms with E-state index in [1.165, 1.54) is 96.3 Å². The first kappa shape index (κ1) is 17.9. The molecule has 0 bridgehead atoms. The summed E-state index contributed by atoms with van der Waals surface area (Å²) in [6.45, 7) is 2.41. The number of nitrogens with zero attached hydrogens (tertiary/aromatic N) is 1. The number of hydrogen-bond acceptors (Lipinski definition) is 3. The molecule has 0 aromatic carbocycles. The lowest BCUT2D eigenvalue weighted by atomic mass is 9.91. The van der Waals surface area contributed by atoms with E-state index < -0.39 is 8.56 Å². The van der Waals surface area contributed by atoms with E-state index in [9.17, 15) is 0 Å². The minimum atomic E-state index is -2.01. The highest BCUT2D eigenvalue weighted by molar-refractivity contribution is 6.70. The summed E-state index contributed by atoms with van der Waals surface area (Å²) >= 11 is 0. The van der Waals surface area contributed by atoms with Gasteiger partial charge in [0.15, 0.2) is 0 Å². The molecule has 134 valence electrons. The van der Waals surface area contributed by atoms with Gasteiger partial charge in [0, 0.05) is 18.1 Å². The predicted octanol–water partition coefficient (Wildman–Crippen LogP) is 4.40. The first-order chi connectivity index (χ1) is 11.2. The van der Waals surface area contributed by atoms with Crippen LogP contribution in [-0.2, 0) is 0 Å². The van der Waals surface area contributed by atoms with Crippen LogP contribution in [-0.4, -0.2) is 31.2 Å². The van der Waals surface area contributed by atoms with Crippen LogP contribution in [0, 0.1) is 0 Å². The van der Waals surface area contributed by atoms with Gasteiger partial charge in [-0.05, 0) is 45.1 Å². The Labute approximate surface area is 145 Å². The molecule has 0 amide bonds. The van der Waals surface area contributed by atoms with Gasteiger partial charge in [0.05, 0.1) is 0 Å². The summed E-state index contributed by atoms with van der Waals surface area (Å²) in [6.07, 6.45) is 21.0. The molecule has 3 saturated carbocycles. The van der Waals surface area contributed by atoms with Gasteiger partial charge in [-0.1, -0.05) is 57.8 Å². The third-order valence-corrected chi connectivity index (χ3v) is 9.37. The van der Waals surface area contributed by atoms with Crippen molar-refractivity contribution in [1.82, 2.24) is 9.55 Å². The molecule has 1 unspecified atom stereocenters. The van der Waals surface area contributed by atoms with E-state index >= 15 is 0 Å². The fourth-order valence-electron chi connectivity index (χ4n) is 5.51. The third-order valence-electron chi connectivity index (χ3n) is 6.57. The molecule has 0 aromatic rings. The lowest BCUT2D eigenvalue weighted by Gasteiger charge is -2.50. The van der Waals surface area contributed by atoms with Crippen molar-refractivity contribution in [1.29, 1.82) is 0 Å². The Morgan fingerprint density at radius 3 is 1.52 bits per heavy atom. The topological polar surface area (TPSA) is 41.3 Å². The van der Waals surface area contributed by atoms with Crippen molar-refractivity contribution in [2.75, 3.05) is 0 Å². The molecule has 0 aliphatic heterocycles. The van der Waals surface area contributed by atoms with Crippen LogP contribution in [0.4, 0.5) is 0 Å². The fourth-order valence-corrected chi connectivity index (χ4v) is 8.81. The summed E-state index contributed by atoms with van der Waals surface area (Å²) in [5.74, 6) is 0. The van der Waals surface area contributed by atoms with Crippen LogP contribution < -0.4 is 10.4 Å². The first-order valence-corrected chi connectivity index (χ1v) is 13.0. The molecule has 3 aliphatic rings. The molecule has 0 radical (unpaired) electrons. The van der Waals surface area contributed by atoms with E-state index in [1.807, 2.05) is 0 Å². The van der Waals surface area contributed by atoms with Gasteiger partial charge in [-0.15, -0.1) is 0 Å². The lowest BCUT2D eigenvalue weighted by Crippen LogP contribution is -2.75. The summed E-state index contributed by atoms with van der Waals surface area (Å²) < 4.78 is 2.89. The molecule has 3 N–H and O–H groups in total. The molecule has 0 saturated heterocycles. The molecule has 3 rings (SSSR count). The fraction of sp³-hybridized carbons (Fsp3) is 1.00. The second kappa shape index (κ2) is 8.46. The minimum absolute atomic E-state index is 0.695. The van der Waals surface area contributed by atoms with Gasteiger partial charge < -0.3 is 10.4 Å². The van der Waals surface area contributed by atoms with Gasteiger partial charge in [0.2, 0.25) is 0 Å². The van der Waals surface area contributed by atoms with E-state index in [2.05, 4.69) is 16.1 Å². The zero-order valence-electron chi connectivity index (χ0n) is 15.4. The molecule has 3 fully saturated rings. The Morgan fingerprint density at radius 1 is 0.696 bits per heavy atom. The van der Waals surface area contributed by atoms with Crippen molar-refractivity contribution < 1.29 is 0 Å². The van der Waals surface area contributed by atoms with Crippen molar-refractivity contribution in [3.8, 4) is 0 Å². The average Bonchev–Trinajstić information content (AvgIpc) is 2.57. The standard InChI is InChI=1S/C19H39N3Si/c1-23(20,21-17-11-5-2-6-12-17)22(18-13-7-3-8-14-18)19-15-9-4-10-16-19/h17-19,21H,2-16,20H2,1H3. The highest BCUT2D eigenvalue weighted by Crippen LogP contribution is 2.32. The second-order valence-corrected chi connectivity index (χ2v) is 11.7. The molecular weight excluding hydrogens is 298 g/mol. The van der Waals surface area contributed by atoms with Crippen LogP contribution >= 0.6 is 0 Å². The van der Waals surface area contributed by atoms with E-state index in [4.69, 9.17) is 5.40 Å². The maximum atomic E-state index is 7.11. The van der Waals surface area contributed by atoms with Crippen LogP contribution in [0.15, 0.2) is 0 Å². The van der Waals surface area contributed by atoms with Gasteiger partial charge in [-0.3, -0.25) is 4.57 Å². The second-order valence-electron chi connectivity index (χ2n) is 8.62. The Balaban J connectivity index is 1.71. The molecule has 0 aromatic heterocycles. The van der Waals surface area contributed by atoms with Gasteiger partial charge in [-0.25, -0.2) is 0 Å². The van der Waals surface area contributed by atoms with Gasteiger partial charge in [0.25, 0.3) is 8.56 Å². The van der Waals surface area contributed by atoms with Crippen LogP contribution in [0.2, 0.25) is 6.55 Å². The van der Waals surface area contributed by atoms with Gasteiger partial charge >= 0.3 is 0 Å². The average molecular weight is 338 g/mol. The molecule has 0 heterocycles. The maximum Gasteiger partial charge on any atom is 0.278 e. The smallest absolute Gasteiger partial charge is 0.278 e. The normalized spacial score (nSPS) is 28.8. The number of rotatable bonds is 5. The lowest BCUT2D eigenvalue weighted by molar-refractivity contribution is 0.153. The highest BCUT2D eigenvalue weighted by Gasteiger charge is 2.42. The highest BCUT2D eigenvalue weighted by atomic mass is 28.4. The molecule has 4 heteroatoms. The van der Waals surface area contributed by atoms with E-state index in [0.717, 1.165) is 12.1 Å². The molecule has 3 nitrogen and oxygen atoms in total.